The highest BCUT2D eigenvalue weighted by Gasteiger charge is 2.24. The largest absolute Gasteiger partial charge is 0.323 e. The van der Waals surface area contributed by atoms with Crippen molar-refractivity contribution in [1.82, 2.24) is 4.90 Å². The summed E-state index contributed by atoms with van der Waals surface area (Å²) in [6.07, 6.45) is 0. The number of halogens is 1. The van der Waals surface area contributed by atoms with Gasteiger partial charge in [0.15, 0.2) is 0 Å². The lowest BCUT2D eigenvalue weighted by Crippen LogP contribution is -2.46. The van der Waals surface area contributed by atoms with Gasteiger partial charge in [-0.1, -0.05) is 26.0 Å². The lowest BCUT2D eigenvalue weighted by molar-refractivity contribution is 0.126. The molecule has 0 bridgehead atoms. The number of hydrogen-bond donors (Lipinski definition) is 1. The Hall–Kier alpha value is -0.930. The normalized spacial score (nSPS) is 15.3. The Morgan fingerprint density at radius 2 is 1.58 bits per heavy atom. The van der Waals surface area contributed by atoms with Gasteiger partial charge < -0.3 is 5.73 Å². The van der Waals surface area contributed by atoms with Gasteiger partial charge >= 0.3 is 0 Å². The molecular weight excluding hydrogens is 239 g/mol. The van der Waals surface area contributed by atoms with Crippen molar-refractivity contribution >= 4 is 0 Å². The predicted molar refractivity (Wildman–Crippen MR) is 79.5 cm³/mol. The molecule has 2 atom stereocenters. The van der Waals surface area contributed by atoms with E-state index in [1.165, 1.54) is 12.1 Å². The molecule has 1 aromatic carbocycles. The van der Waals surface area contributed by atoms with Gasteiger partial charge in [0.25, 0.3) is 0 Å². The summed E-state index contributed by atoms with van der Waals surface area (Å²) in [5.74, 6) is 0.386. The maximum Gasteiger partial charge on any atom is 0.123 e. The zero-order chi connectivity index (χ0) is 14.6. The van der Waals surface area contributed by atoms with E-state index in [1.54, 1.807) is 12.1 Å². The van der Waals surface area contributed by atoms with E-state index in [1.807, 2.05) is 0 Å². The van der Waals surface area contributed by atoms with E-state index in [4.69, 9.17) is 5.73 Å². The van der Waals surface area contributed by atoms with Gasteiger partial charge in [-0.15, -0.1) is 0 Å². The van der Waals surface area contributed by atoms with Gasteiger partial charge in [0.05, 0.1) is 0 Å². The molecule has 1 rings (SSSR count). The van der Waals surface area contributed by atoms with Crippen LogP contribution in [-0.4, -0.2) is 23.5 Å². The van der Waals surface area contributed by atoms with Gasteiger partial charge in [-0.25, -0.2) is 4.39 Å². The Kier molecular flexibility index (Phi) is 5.95. The maximum absolute atomic E-state index is 13.0. The van der Waals surface area contributed by atoms with E-state index in [0.717, 1.165) is 12.1 Å². The molecule has 0 radical (unpaired) electrons. The van der Waals surface area contributed by atoms with Gasteiger partial charge in [-0.2, -0.15) is 0 Å². The van der Waals surface area contributed by atoms with Crippen molar-refractivity contribution in [3.63, 3.8) is 0 Å². The van der Waals surface area contributed by atoms with Crippen molar-refractivity contribution in [2.75, 3.05) is 6.54 Å². The molecule has 2 N–H and O–H groups in total. The molecule has 0 aliphatic rings. The quantitative estimate of drug-likeness (QED) is 0.852. The fraction of sp³-hybridized carbons (Fsp3) is 0.625. The molecule has 0 aliphatic heterocycles. The van der Waals surface area contributed by atoms with E-state index in [2.05, 4.69) is 39.5 Å². The van der Waals surface area contributed by atoms with E-state index >= 15 is 0 Å². The highest BCUT2D eigenvalue weighted by atomic mass is 19.1. The molecule has 0 aromatic heterocycles. The van der Waals surface area contributed by atoms with Crippen LogP contribution in [0.2, 0.25) is 0 Å². The minimum Gasteiger partial charge on any atom is -0.323 e. The molecule has 0 saturated heterocycles. The minimum absolute atomic E-state index is 0.0956. The summed E-state index contributed by atoms with van der Waals surface area (Å²) in [5, 5.41) is 0. The molecule has 19 heavy (non-hydrogen) atoms. The summed E-state index contributed by atoms with van der Waals surface area (Å²) < 4.78 is 13.0. The van der Waals surface area contributed by atoms with Crippen LogP contribution in [-0.2, 0) is 0 Å². The summed E-state index contributed by atoms with van der Waals surface area (Å²) in [6, 6.07) is 7.10. The smallest absolute Gasteiger partial charge is 0.123 e. The molecule has 0 amide bonds. The van der Waals surface area contributed by atoms with Crippen LogP contribution in [0, 0.1) is 11.7 Å². The van der Waals surface area contributed by atoms with Crippen LogP contribution < -0.4 is 5.73 Å². The summed E-state index contributed by atoms with van der Waals surface area (Å²) in [6.45, 7) is 12.0. The van der Waals surface area contributed by atoms with Crippen LogP contribution in [0.4, 0.5) is 4.39 Å². The molecule has 3 heteroatoms. The summed E-state index contributed by atoms with van der Waals surface area (Å²) >= 11 is 0. The number of nitrogens with two attached hydrogens (primary N) is 1. The van der Waals surface area contributed by atoms with Crippen LogP contribution >= 0.6 is 0 Å². The van der Waals surface area contributed by atoms with E-state index in [9.17, 15) is 4.39 Å². The van der Waals surface area contributed by atoms with E-state index in [0.29, 0.717) is 12.0 Å². The predicted octanol–water partition coefficient (Wildman–Crippen LogP) is 3.58. The first-order valence-electron chi connectivity index (χ1n) is 7.09. The summed E-state index contributed by atoms with van der Waals surface area (Å²) in [5.41, 5.74) is 7.33. The first-order valence-corrected chi connectivity index (χ1v) is 7.09. The van der Waals surface area contributed by atoms with Crippen LogP contribution in [0.1, 0.15) is 46.2 Å². The third-order valence-corrected chi connectivity index (χ3v) is 3.54. The van der Waals surface area contributed by atoms with E-state index in [-0.39, 0.29) is 17.9 Å². The van der Waals surface area contributed by atoms with Crippen LogP contribution in [0.3, 0.4) is 0 Å². The molecule has 2 nitrogen and oxygen atoms in total. The molecule has 108 valence electrons. The van der Waals surface area contributed by atoms with Crippen molar-refractivity contribution in [2.24, 2.45) is 11.7 Å². The number of nitrogens with zero attached hydrogens (tertiary/aromatic N) is 1. The van der Waals surface area contributed by atoms with Crippen LogP contribution in [0.25, 0.3) is 0 Å². The zero-order valence-electron chi connectivity index (χ0n) is 12.7. The van der Waals surface area contributed by atoms with Crippen LogP contribution in [0.15, 0.2) is 24.3 Å². The first-order chi connectivity index (χ1) is 8.82. The monoisotopic (exact) mass is 266 g/mol. The van der Waals surface area contributed by atoms with Gasteiger partial charge in [0, 0.05) is 24.7 Å². The van der Waals surface area contributed by atoms with Gasteiger partial charge in [-0.3, -0.25) is 4.90 Å². The molecule has 0 heterocycles. The summed E-state index contributed by atoms with van der Waals surface area (Å²) in [7, 11) is 0. The Morgan fingerprint density at radius 1 is 1.05 bits per heavy atom. The third kappa shape index (κ3) is 4.59. The molecular formula is C16H27FN2. The highest BCUT2D eigenvalue weighted by Crippen LogP contribution is 2.21. The van der Waals surface area contributed by atoms with Gasteiger partial charge in [0.2, 0.25) is 0 Å². The SMILES string of the molecule is CC(C)CN(C(C)C)C(C)C(N)c1ccc(F)cc1. The number of rotatable bonds is 6. The number of benzene rings is 1. The fourth-order valence-electron chi connectivity index (χ4n) is 2.44. The second-order valence-electron chi connectivity index (χ2n) is 6.00. The van der Waals surface area contributed by atoms with Gasteiger partial charge in [-0.05, 0) is 44.4 Å². The topological polar surface area (TPSA) is 29.3 Å². The van der Waals surface area contributed by atoms with Crippen molar-refractivity contribution in [3.05, 3.63) is 35.6 Å². The lowest BCUT2D eigenvalue weighted by atomic mass is 9.98. The number of hydrogen-bond acceptors (Lipinski definition) is 2. The second-order valence-corrected chi connectivity index (χ2v) is 6.00. The van der Waals surface area contributed by atoms with Gasteiger partial charge in [0.1, 0.15) is 5.82 Å². The highest BCUT2D eigenvalue weighted by molar-refractivity contribution is 5.21. The molecule has 0 aliphatic carbocycles. The first kappa shape index (κ1) is 16.1. The van der Waals surface area contributed by atoms with E-state index < -0.39 is 0 Å². The minimum atomic E-state index is -0.216. The average molecular weight is 266 g/mol. The van der Waals surface area contributed by atoms with Crippen molar-refractivity contribution in [1.29, 1.82) is 0 Å². The third-order valence-electron chi connectivity index (χ3n) is 3.54. The second kappa shape index (κ2) is 7.01. The molecule has 1 aromatic rings. The standard InChI is InChI=1S/C16H27FN2/c1-11(2)10-19(12(3)4)13(5)16(18)14-6-8-15(17)9-7-14/h6-9,11-13,16H,10,18H2,1-5H3. The van der Waals surface area contributed by atoms with Crippen molar-refractivity contribution < 1.29 is 4.39 Å². The average Bonchev–Trinajstić information content (AvgIpc) is 2.34. The molecule has 0 saturated carbocycles. The van der Waals surface area contributed by atoms with Crippen LogP contribution in [0.5, 0.6) is 0 Å². The maximum atomic E-state index is 13.0. The Labute approximate surface area is 116 Å². The Morgan fingerprint density at radius 3 is 2.00 bits per heavy atom. The lowest BCUT2D eigenvalue weighted by Gasteiger charge is -2.37. The Bertz CT molecular complexity index is 373. The molecule has 0 fully saturated rings. The fourth-order valence-corrected chi connectivity index (χ4v) is 2.44. The zero-order valence-corrected chi connectivity index (χ0v) is 12.7. The van der Waals surface area contributed by atoms with Crippen molar-refractivity contribution in [2.45, 2.75) is 52.7 Å². The Balaban J connectivity index is 2.83. The molecule has 0 spiro atoms. The summed E-state index contributed by atoms with van der Waals surface area (Å²) in [4.78, 5) is 2.42. The van der Waals surface area contributed by atoms with Crippen molar-refractivity contribution in [3.8, 4) is 0 Å². The molecule has 2 unspecified atom stereocenters.